The van der Waals surface area contributed by atoms with Crippen molar-refractivity contribution in [2.45, 2.75) is 6.04 Å². The summed E-state index contributed by atoms with van der Waals surface area (Å²) < 4.78 is 7.87. The molecule has 0 saturated heterocycles. The minimum absolute atomic E-state index is 0.223. The molecule has 122 valence electrons. The third-order valence-corrected chi connectivity index (χ3v) is 3.96. The Morgan fingerprint density at radius 2 is 2.08 bits per heavy atom. The number of hydrogen-bond acceptors (Lipinski definition) is 3. The molecule has 0 spiro atoms. The number of aromatic nitrogens is 2. The van der Waals surface area contributed by atoms with Crippen LogP contribution in [-0.4, -0.2) is 15.5 Å². The minimum atomic E-state index is -0.327. The SMILES string of the molecule is Cn1ccnc1[C@H](NC(=O)/C=C\c1ccc(Br)o1)c1ccccc1. The van der Waals surface area contributed by atoms with Crippen molar-refractivity contribution in [2.24, 2.45) is 7.05 Å². The summed E-state index contributed by atoms with van der Waals surface area (Å²) in [4.78, 5) is 16.7. The maximum atomic E-state index is 12.3. The maximum Gasteiger partial charge on any atom is 0.244 e. The van der Waals surface area contributed by atoms with Crippen LogP contribution < -0.4 is 5.32 Å². The molecule has 24 heavy (non-hydrogen) atoms. The molecule has 3 rings (SSSR count). The molecule has 1 N–H and O–H groups in total. The van der Waals surface area contributed by atoms with E-state index in [-0.39, 0.29) is 11.9 Å². The van der Waals surface area contributed by atoms with Crippen molar-refractivity contribution in [2.75, 3.05) is 0 Å². The number of nitrogens with one attached hydrogen (secondary N) is 1. The number of imidazole rings is 1. The molecular weight excluding hydrogens is 370 g/mol. The summed E-state index contributed by atoms with van der Waals surface area (Å²) in [5, 5.41) is 2.99. The van der Waals surface area contributed by atoms with Gasteiger partial charge in [0.2, 0.25) is 5.91 Å². The molecule has 0 aliphatic heterocycles. The predicted molar refractivity (Wildman–Crippen MR) is 95.1 cm³/mol. The number of benzene rings is 1. The van der Waals surface area contributed by atoms with Crippen LogP contribution in [0.2, 0.25) is 0 Å². The fourth-order valence-corrected chi connectivity index (χ4v) is 2.68. The molecule has 1 atom stereocenters. The van der Waals surface area contributed by atoms with Crippen LogP contribution in [0.3, 0.4) is 0 Å². The third-order valence-electron chi connectivity index (χ3n) is 3.53. The van der Waals surface area contributed by atoms with E-state index < -0.39 is 0 Å². The third kappa shape index (κ3) is 3.83. The van der Waals surface area contributed by atoms with Gasteiger partial charge in [-0.05, 0) is 39.7 Å². The van der Waals surface area contributed by atoms with Crippen molar-refractivity contribution in [1.29, 1.82) is 0 Å². The van der Waals surface area contributed by atoms with Gasteiger partial charge in [0.15, 0.2) is 4.67 Å². The van der Waals surface area contributed by atoms with Crippen molar-refractivity contribution >= 4 is 27.9 Å². The first-order valence-electron chi connectivity index (χ1n) is 7.39. The smallest absolute Gasteiger partial charge is 0.244 e. The molecule has 5 nitrogen and oxygen atoms in total. The Hall–Kier alpha value is -2.60. The zero-order chi connectivity index (χ0) is 16.9. The largest absolute Gasteiger partial charge is 0.450 e. The van der Waals surface area contributed by atoms with Gasteiger partial charge in [0, 0.05) is 25.5 Å². The number of rotatable bonds is 5. The Bertz CT molecular complexity index is 852. The van der Waals surface area contributed by atoms with Gasteiger partial charge in [0.25, 0.3) is 0 Å². The molecule has 0 aliphatic carbocycles. The first kappa shape index (κ1) is 16.3. The summed E-state index contributed by atoms with van der Waals surface area (Å²) >= 11 is 3.23. The lowest BCUT2D eigenvalue weighted by molar-refractivity contribution is -0.117. The van der Waals surface area contributed by atoms with Crippen molar-refractivity contribution in [1.82, 2.24) is 14.9 Å². The summed E-state index contributed by atoms with van der Waals surface area (Å²) in [5.74, 6) is 1.15. The van der Waals surface area contributed by atoms with Gasteiger partial charge in [-0.15, -0.1) is 0 Å². The Morgan fingerprint density at radius 1 is 1.29 bits per heavy atom. The van der Waals surface area contributed by atoms with Gasteiger partial charge in [0.1, 0.15) is 17.6 Å². The molecule has 0 aliphatic rings. The standard InChI is InChI=1S/C18H16BrN3O2/c1-22-12-11-20-18(22)17(13-5-3-2-4-6-13)21-16(23)10-8-14-7-9-15(19)24-14/h2-12,17H,1H3,(H,21,23)/b10-8-/t17-/m1/s1. The van der Waals surface area contributed by atoms with Crippen LogP contribution in [0.15, 0.2) is 70.0 Å². The second kappa shape index (κ2) is 7.31. The normalized spacial score (nSPS) is 12.4. The first-order valence-corrected chi connectivity index (χ1v) is 8.19. The Balaban J connectivity index is 1.80. The van der Waals surface area contributed by atoms with Gasteiger partial charge >= 0.3 is 0 Å². The van der Waals surface area contributed by atoms with E-state index in [9.17, 15) is 4.79 Å². The maximum absolute atomic E-state index is 12.3. The summed E-state index contributed by atoms with van der Waals surface area (Å²) in [5.41, 5.74) is 0.967. The molecule has 3 aromatic rings. The highest BCUT2D eigenvalue weighted by Gasteiger charge is 2.19. The average Bonchev–Trinajstić information content (AvgIpc) is 3.20. The van der Waals surface area contributed by atoms with Crippen LogP contribution in [0.5, 0.6) is 0 Å². The summed E-state index contributed by atoms with van der Waals surface area (Å²) in [6.45, 7) is 0. The number of carbonyl (C=O) groups is 1. The number of amides is 1. The fraction of sp³-hybridized carbons (Fsp3) is 0.111. The highest BCUT2D eigenvalue weighted by atomic mass is 79.9. The monoisotopic (exact) mass is 385 g/mol. The van der Waals surface area contributed by atoms with Gasteiger partial charge in [-0.3, -0.25) is 4.79 Å². The summed E-state index contributed by atoms with van der Waals surface area (Å²) in [7, 11) is 1.90. The van der Waals surface area contributed by atoms with Crippen LogP contribution in [0, 0.1) is 0 Å². The van der Waals surface area contributed by atoms with Gasteiger partial charge in [-0.25, -0.2) is 4.98 Å². The number of aryl methyl sites for hydroxylation is 1. The number of hydrogen-bond donors (Lipinski definition) is 1. The van der Waals surface area contributed by atoms with E-state index in [0.29, 0.717) is 10.4 Å². The zero-order valence-corrected chi connectivity index (χ0v) is 14.6. The van der Waals surface area contributed by atoms with E-state index in [1.165, 1.54) is 6.08 Å². The highest BCUT2D eigenvalue weighted by Crippen LogP contribution is 2.20. The van der Waals surface area contributed by atoms with Gasteiger partial charge in [0.05, 0.1) is 0 Å². The van der Waals surface area contributed by atoms with Gasteiger partial charge < -0.3 is 14.3 Å². The fourth-order valence-electron chi connectivity index (χ4n) is 2.36. The molecule has 0 unspecified atom stereocenters. The van der Waals surface area contributed by atoms with Crippen LogP contribution in [0.25, 0.3) is 6.08 Å². The van der Waals surface area contributed by atoms with Crippen molar-refractivity contribution in [3.63, 3.8) is 0 Å². The number of halogens is 1. The predicted octanol–water partition coefficient (Wildman–Crippen LogP) is 3.69. The van der Waals surface area contributed by atoms with Crippen LogP contribution in [0.1, 0.15) is 23.2 Å². The van der Waals surface area contributed by atoms with E-state index in [4.69, 9.17) is 4.42 Å². The van der Waals surface area contributed by atoms with Crippen LogP contribution >= 0.6 is 15.9 Å². The molecule has 1 aromatic carbocycles. The lowest BCUT2D eigenvalue weighted by Crippen LogP contribution is -2.29. The van der Waals surface area contributed by atoms with E-state index in [2.05, 4.69) is 26.2 Å². The van der Waals surface area contributed by atoms with Gasteiger partial charge in [-0.1, -0.05) is 30.3 Å². The molecule has 0 radical (unpaired) electrons. The summed E-state index contributed by atoms with van der Waals surface area (Å²) in [6, 6.07) is 13.0. The number of carbonyl (C=O) groups excluding carboxylic acids is 1. The van der Waals surface area contributed by atoms with Crippen LogP contribution in [0.4, 0.5) is 0 Å². The van der Waals surface area contributed by atoms with E-state index in [1.54, 1.807) is 24.4 Å². The molecule has 1 amide bonds. The number of furan rings is 1. The van der Waals surface area contributed by atoms with E-state index >= 15 is 0 Å². The van der Waals surface area contributed by atoms with Crippen molar-refractivity contribution in [3.8, 4) is 0 Å². The lowest BCUT2D eigenvalue weighted by Gasteiger charge is -2.18. The molecule has 0 saturated carbocycles. The molecule has 2 heterocycles. The average molecular weight is 386 g/mol. The van der Waals surface area contributed by atoms with Crippen LogP contribution in [-0.2, 0) is 11.8 Å². The zero-order valence-electron chi connectivity index (χ0n) is 13.0. The second-order valence-corrected chi connectivity index (χ2v) is 6.01. The van der Waals surface area contributed by atoms with E-state index in [0.717, 1.165) is 11.4 Å². The molecule has 2 aromatic heterocycles. The second-order valence-electron chi connectivity index (χ2n) is 5.22. The van der Waals surface area contributed by atoms with Gasteiger partial charge in [-0.2, -0.15) is 0 Å². The summed E-state index contributed by atoms with van der Waals surface area (Å²) in [6.07, 6.45) is 6.64. The lowest BCUT2D eigenvalue weighted by atomic mass is 10.1. The Kier molecular flexibility index (Phi) is 4.96. The molecule has 0 bridgehead atoms. The number of nitrogens with zero attached hydrogens (tertiary/aromatic N) is 2. The van der Waals surface area contributed by atoms with Crippen molar-refractivity contribution < 1.29 is 9.21 Å². The Morgan fingerprint density at radius 3 is 2.71 bits per heavy atom. The molecular formula is C18H16BrN3O2. The topological polar surface area (TPSA) is 60.1 Å². The minimum Gasteiger partial charge on any atom is -0.450 e. The first-order chi connectivity index (χ1) is 11.6. The molecule has 6 heteroatoms. The highest BCUT2D eigenvalue weighted by molar-refractivity contribution is 9.10. The van der Waals surface area contributed by atoms with Crippen molar-refractivity contribution in [3.05, 3.63) is 82.8 Å². The Labute approximate surface area is 148 Å². The quantitative estimate of drug-likeness (QED) is 0.681. The van der Waals surface area contributed by atoms with E-state index in [1.807, 2.05) is 48.1 Å². The molecule has 0 fully saturated rings.